The van der Waals surface area contributed by atoms with Gasteiger partial charge in [0, 0.05) is 0 Å². The van der Waals surface area contributed by atoms with Crippen molar-refractivity contribution < 1.29 is 14.3 Å². The number of allylic oxidation sites excluding steroid dienone is 1. The van der Waals surface area contributed by atoms with Crippen LogP contribution in [0.15, 0.2) is 11.6 Å². The van der Waals surface area contributed by atoms with E-state index < -0.39 is 5.60 Å². The minimum atomic E-state index is -0.449. The highest BCUT2D eigenvalue weighted by Crippen LogP contribution is 2.30. The fourth-order valence-electron chi connectivity index (χ4n) is 2.24. The summed E-state index contributed by atoms with van der Waals surface area (Å²) in [7, 11) is 0. The van der Waals surface area contributed by atoms with Crippen LogP contribution in [0.5, 0.6) is 0 Å². The average molecular weight is 282 g/mol. The first-order chi connectivity index (χ1) is 9.25. The minimum Gasteiger partial charge on any atom is -0.462 e. The van der Waals surface area contributed by atoms with Crippen molar-refractivity contribution in [3.05, 3.63) is 11.6 Å². The summed E-state index contributed by atoms with van der Waals surface area (Å²) in [6.45, 7) is 12.8. The minimum absolute atomic E-state index is 0.0528. The molecule has 1 rings (SSSR count). The molecule has 1 aliphatic carbocycles. The molecule has 1 aliphatic rings. The van der Waals surface area contributed by atoms with Crippen LogP contribution in [0, 0.1) is 11.8 Å². The van der Waals surface area contributed by atoms with Gasteiger partial charge in [0.05, 0.1) is 17.6 Å². The summed E-state index contributed by atoms with van der Waals surface area (Å²) < 4.78 is 11.4. The fraction of sp³-hybridized carbons (Fsp3) is 0.824. The third kappa shape index (κ3) is 6.08. The molecule has 0 saturated heterocycles. The van der Waals surface area contributed by atoms with Crippen LogP contribution in [-0.4, -0.2) is 24.3 Å². The molecule has 0 N–H and O–H groups in total. The van der Waals surface area contributed by atoms with Crippen molar-refractivity contribution in [1.82, 2.24) is 0 Å². The number of hydrogen-bond donors (Lipinski definition) is 0. The average Bonchev–Trinajstić information content (AvgIpc) is 3.16. The predicted octanol–water partition coefficient (Wildman–Crippen LogP) is 4.12. The number of carbonyl (C=O) groups excluding carboxylic acids is 1. The monoisotopic (exact) mass is 282 g/mol. The third-order valence-electron chi connectivity index (χ3n) is 3.45. The van der Waals surface area contributed by atoms with Crippen LogP contribution >= 0.6 is 0 Å². The first-order valence-corrected chi connectivity index (χ1v) is 7.80. The second kappa shape index (κ2) is 7.26. The van der Waals surface area contributed by atoms with Gasteiger partial charge in [0.15, 0.2) is 0 Å². The fourth-order valence-corrected chi connectivity index (χ4v) is 2.24. The molecule has 0 aromatic rings. The van der Waals surface area contributed by atoms with Crippen LogP contribution < -0.4 is 0 Å². The highest BCUT2D eigenvalue weighted by Gasteiger charge is 2.33. The molecular formula is C17H30O3. The summed E-state index contributed by atoms with van der Waals surface area (Å²) in [4.78, 5) is 11.6. The smallest absolute Gasteiger partial charge is 0.309 e. The summed E-state index contributed by atoms with van der Waals surface area (Å²) in [5.41, 5.74) is 0.858. The van der Waals surface area contributed by atoms with Gasteiger partial charge in [-0.1, -0.05) is 26.8 Å². The van der Waals surface area contributed by atoms with E-state index in [2.05, 4.69) is 33.8 Å². The summed E-state index contributed by atoms with van der Waals surface area (Å²) in [5, 5.41) is 0. The normalized spacial score (nSPS) is 18.2. The maximum absolute atomic E-state index is 11.6. The molecule has 0 amide bonds. The summed E-state index contributed by atoms with van der Waals surface area (Å²) >= 11 is 0. The van der Waals surface area contributed by atoms with E-state index in [1.165, 1.54) is 5.57 Å². The zero-order valence-corrected chi connectivity index (χ0v) is 13.9. The molecule has 0 heterocycles. The number of esters is 1. The van der Waals surface area contributed by atoms with Gasteiger partial charge in [-0.05, 0) is 51.5 Å². The van der Waals surface area contributed by atoms with E-state index in [4.69, 9.17) is 9.47 Å². The Bertz CT molecular complexity index is 351. The van der Waals surface area contributed by atoms with Gasteiger partial charge in [0.2, 0.25) is 0 Å². The van der Waals surface area contributed by atoms with E-state index in [0.717, 1.165) is 19.3 Å². The van der Waals surface area contributed by atoms with Crippen LogP contribution in [0.25, 0.3) is 0 Å². The zero-order chi connectivity index (χ0) is 15.3. The summed E-state index contributed by atoms with van der Waals surface area (Å²) in [6, 6.07) is 0. The van der Waals surface area contributed by atoms with Crippen LogP contribution in [0.1, 0.15) is 60.8 Å². The third-order valence-corrected chi connectivity index (χ3v) is 3.45. The standard InChI is InChI=1S/C17H30O3/c1-7-14(10-12(2)3)13(4)20-17(5,6)11-19-16(18)15-8-9-15/h10,12-13,15H,7-9,11H2,1-6H3/t13-/m1/s1. The van der Waals surface area contributed by atoms with Gasteiger partial charge in [-0.25, -0.2) is 0 Å². The second-order valence-corrected chi connectivity index (χ2v) is 6.74. The van der Waals surface area contributed by atoms with Gasteiger partial charge in [-0.15, -0.1) is 0 Å². The Morgan fingerprint density at radius 2 is 1.90 bits per heavy atom. The SMILES string of the molecule is CCC(=CC(C)C)[C@@H](C)OC(C)(C)COC(=O)C1CC1. The van der Waals surface area contributed by atoms with Crippen molar-refractivity contribution in [2.24, 2.45) is 11.8 Å². The largest absolute Gasteiger partial charge is 0.462 e. The van der Waals surface area contributed by atoms with Crippen molar-refractivity contribution in [1.29, 1.82) is 0 Å². The van der Waals surface area contributed by atoms with Crippen LogP contribution in [0.3, 0.4) is 0 Å². The Hall–Kier alpha value is -0.830. The first-order valence-electron chi connectivity index (χ1n) is 7.80. The molecule has 0 unspecified atom stereocenters. The predicted molar refractivity (Wildman–Crippen MR) is 81.5 cm³/mol. The lowest BCUT2D eigenvalue weighted by atomic mass is 10.0. The van der Waals surface area contributed by atoms with Crippen LogP contribution in [-0.2, 0) is 14.3 Å². The van der Waals surface area contributed by atoms with E-state index in [-0.39, 0.29) is 18.0 Å². The molecule has 0 spiro atoms. The maximum Gasteiger partial charge on any atom is 0.309 e. The van der Waals surface area contributed by atoms with E-state index in [1.54, 1.807) is 0 Å². The number of rotatable bonds is 8. The molecule has 116 valence electrons. The Morgan fingerprint density at radius 1 is 1.30 bits per heavy atom. The second-order valence-electron chi connectivity index (χ2n) is 6.74. The summed E-state index contributed by atoms with van der Waals surface area (Å²) in [5.74, 6) is 0.602. The van der Waals surface area contributed by atoms with Crippen molar-refractivity contribution in [2.45, 2.75) is 72.5 Å². The first kappa shape index (κ1) is 17.2. The van der Waals surface area contributed by atoms with Crippen molar-refractivity contribution in [2.75, 3.05) is 6.61 Å². The molecule has 3 nitrogen and oxygen atoms in total. The van der Waals surface area contributed by atoms with Gasteiger partial charge in [-0.2, -0.15) is 0 Å². The Morgan fingerprint density at radius 3 is 2.35 bits per heavy atom. The molecule has 1 fully saturated rings. The molecule has 3 heteroatoms. The van der Waals surface area contributed by atoms with Gasteiger partial charge in [0.1, 0.15) is 6.61 Å². The van der Waals surface area contributed by atoms with Gasteiger partial charge in [0.25, 0.3) is 0 Å². The number of hydrogen-bond acceptors (Lipinski definition) is 3. The lowest BCUT2D eigenvalue weighted by Gasteiger charge is -2.30. The molecule has 0 aromatic heterocycles. The maximum atomic E-state index is 11.6. The highest BCUT2D eigenvalue weighted by atomic mass is 16.6. The van der Waals surface area contributed by atoms with Gasteiger partial charge < -0.3 is 9.47 Å². The van der Waals surface area contributed by atoms with Crippen molar-refractivity contribution in [3.8, 4) is 0 Å². The van der Waals surface area contributed by atoms with Crippen LogP contribution in [0.4, 0.5) is 0 Å². The molecule has 20 heavy (non-hydrogen) atoms. The number of ether oxygens (including phenoxy) is 2. The zero-order valence-electron chi connectivity index (χ0n) is 13.9. The van der Waals surface area contributed by atoms with E-state index >= 15 is 0 Å². The highest BCUT2D eigenvalue weighted by molar-refractivity contribution is 5.74. The van der Waals surface area contributed by atoms with Gasteiger partial charge >= 0.3 is 5.97 Å². The lowest BCUT2D eigenvalue weighted by molar-refractivity contribution is -0.157. The lowest BCUT2D eigenvalue weighted by Crippen LogP contribution is -2.36. The topological polar surface area (TPSA) is 35.5 Å². The molecule has 0 bridgehead atoms. The molecule has 1 atom stereocenters. The quantitative estimate of drug-likeness (QED) is 0.496. The number of carbonyl (C=O) groups is 1. The molecule has 0 radical (unpaired) electrons. The molecule has 1 saturated carbocycles. The Balaban J connectivity index is 2.48. The molecular weight excluding hydrogens is 252 g/mol. The molecule has 0 aromatic carbocycles. The van der Waals surface area contributed by atoms with E-state index in [0.29, 0.717) is 12.5 Å². The molecule has 0 aliphatic heterocycles. The van der Waals surface area contributed by atoms with Crippen LogP contribution in [0.2, 0.25) is 0 Å². The Labute approximate surface area is 123 Å². The van der Waals surface area contributed by atoms with Crippen molar-refractivity contribution in [3.63, 3.8) is 0 Å². The summed E-state index contributed by atoms with van der Waals surface area (Å²) in [6.07, 6.45) is 5.26. The van der Waals surface area contributed by atoms with E-state index in [1.807, 2.05) is 13.8 Å². The van der Waals surface area contributed by atoms with E-state index in [9.17, 15) is 4.79 Å². The van der Waals surface area contributed by atoms with Crippen molar-refractivity contribution >= 4 is 5.97 Å². The van der Waals surface area contributed by atoms with Gasteiger partial charge in [-0.3, -0.25) is 4.79 Å². The Kier molecular flexibility index (Phi) is 6.25.